The van der Waals surface area contributed by atoms with Crippen LogP contribution in [0.25, 0.3) is 0 Å². The van der Waals surface area contributed by atoms with E-state index in [-0.39, 0.29) is 42.9 Å². The minimum Gasteiger partial charge on any atom is -0.338 e. The predicted octanol–water partition coefficient (Wildman–Crippen LogP) is 2.02. The van der Waals surface area contributed by atoms with E-state index in [4.69, 9.17) is 0 Å². The monoisotopic (exact) mass is 451 g/mol. The molecule has 3 heterocycles. The lowest BCUT2D eigenvalue weighted by Gasteiger charge is -2.36. The number of halogens is 1. The number of nitrogens with zero attached hydrogens (tertiary/aromatic N) is 3. The van der Waals surface area contributed by atoms with E-state index < -0.39 is 21.9 Å². The number of carbonyl (C=O) groups excluding carboxylic acids is 2. The van der Waals surface area contributed by atoms with E-state index in [2.05, 4.69) is 0 Å². The first-order chi connectivity index (χ1) is 14.4. The Morgan fingerprint density at radius 2 is 1.73 bits per heavy atom. The summed E-state index contributed by atoms with van der Waals surface area (Å²) in [5.74, 6) is -1.08. The van der Waals surface area contributed by atoms with Crippen molar-refractivity contribution in [3.63, 3.8) is 0 Å². The van der Waals surface area contributed by atoms with Gasteiger partial charge >= 0.3 is 0 Å². The maximum atomic E-state index is 14.0. The molecule has 0 aliphatic carbocycles. The zero-order valence-corrected chi connectivity index (χ0v) is 17.9. The van der Waals surface area contributed by atoms with E-state index in [1.165, 1.54) is 33.8 Å². The van der Waals surface area contributed by atoms with Crippen LogP contribution in [0.1, 0.15) is 22.5 Å². The summed E-state index contributed by atoms with van der Waals surface area (Å²) in [5.41, 5.74) is 0. The summed E-state index contributed by atoms with van der Waals surface area (Å²) in [5, 5.41) is 1.83. The molecule has 2 aromatic rings. The first kappa shape index (κ1) is 21.0. The zero-order chi connectivity index (χ0) is 21.3. The van der Waals surface area contributed by atoms with Crippen LogP contribution in [0.5, 0.6) is 0 Å². The lowest BCUT2D eigenvalue weighted by atomic mass is 10.1. The van der Waals surface area contributed by atoms with Gasteiger partial charge in [-0.05, 0) is 36.4 Å². The minimum atomic E-state index is -3.96. The second-order valence-electron chi connectivity index (χ2n) is 7.29. The normalized spacial score (nSPS) is 20.5. The van der Waals surface area contributed by atoms with E-state index in [0.29, 0.717) is 17.8 Å². The first-order valence-corrected chi connectivity index (χ1v) is 12.1. The van der Waals surface area contributed by atoms with Crippen molar-refractivity contribution in [3.8, 4) is 0 Å². The smallest absolute Gasteiger partial charge is 0.264 e. The largest absolute Gasteiger partial charge is 0.338 e. The number of carbonyl (C=O) groups is 2. The zero-order valence-electron chi connectivity index (χ0n) is 16.2. The van der Waals surface area contributed by atoms with Gasteiger partial charge in [0.2, 0.25) is 15.9 Å². The molecule has 0 N–H and O–H groups in total. The van der Waals surface area contributed by atoms with Gasteiger partial charge in [-0.1, -0.05) is 18.2 Å². The molecule has 10 heteroatoms. The van der Waals surface area contributed by atoms with E-state index in [1.807, 2.05) is 5.38 Å². The van der Waals surface area contributed by atoms with E-state index >= 15 is 0 Å². The van der Waals surface area contributed by atoms with Crippen molar-refractivity contribution in [2.24, 2.45) is 0 Å². The highest BCUT2D eigenvalue weighted by Crippen LogP contribution is 2.25. The highest BCUT2D eigenvalue weighted by Gasteiger charge is 2.39. The van der Waals surface area contributed by atoms with Gasteiger partial charge in [-0.3, -0.25) is 9.59 Å². The van der Waals surface area contributed by atoms with Crippen LogP contribution in [0.15, 0.2) is 46.7 Å². The van der Waals surface area contributed by atoms with Gasteiger partial charge in [0.25, 0.3) is 5.91 Å². The maximum Gasteiger partial charge on any atom is 0.264 e. The van der Waals surface area contributed by atoms with Gasteiger partial charge in [-0.2, -0.15) is 4.31 Å². The van der Waals surface area contributed by atoms with Crippen LogP contribution in [-0.4, -0.2) is 73.1 Å². The molecule has 2 aliphatic rings. The summed E-state index contributed by atoms with van der Waals surface area (Å²) >= 11 is 1.35. The molecular weight excluding hydrogens is 429 g/mol. The van der Waals surface area contributed by atoms with Crippen molar-refractivity contribution in [2.75, 3.05) is 32.7 Å². The summed E-state index contributed by atoms with van der Waals surface area (Å²) in [6.07, 6.45) is 1.36. The van der Waals surface area contributed by atoms with Crippen molar-refractivity contribution >= 4 is 33.2 Å². The van der Waals surface area contributed by atoms with Gasteiger partial charge < -0.3 is 9.80 Å². The van der Waals surface area contributed by atoms with Gasteiger partial charge in [0.05, 0.1) is 4.88 Å². The Labute approximate surface area is 178 Å². The maximum absolute atomic E-state index is 14.0. The molecule has 0 unspecified atom stereocenters. The lowest BCUT2D eigenvalue weighted by Crippen LogP contribution is -2.55. The van der Waals surface area contributed by atoms with Crippen LogP contribution in [0.4, 0.5) is 4.39 Å². The fourth-order valence-electron chi connectivity index (χ4n) is 3.96. The quantitative estimate of drug-likeness (QED) is 0.713. The number of sulfonamides is 1. The standard InChI is InChI=1S/C20H22FN3O4S2/c21-15-5-1-2-8-18(15)30(27,28)23-12-10-22(11-13-23)19(25)16-6-3-9-24(16)20(26)17-7-4-14-29-17/h1-2,4-5,7-8,14,16H,3,6,9-13H2/t16-/m0/s1. The Kier molecular flexibility index (Phi) is 5.90. The van der Waals surface area contributed by atoms with Crippen LogP contribution in [0, 0.1) is 5.82 Å². The third kappa shape index (κ3) is 3.86. The molecule has 2 aliphatic heterocycles. The fraction of sp³-hybridized carbons (Fsp3) is 0.400. The molecule has 2 amide bonds. The Bertz CT molecular complexity index is 1030. The number of hydrogen-bond donors (Lipinski definition) is 0. The number of piperazine rings is 1. The van der Waals surface area contributed by atoms with Crippen molar-refractivity contribution in [1.29, 1.82) is 0 Å². The Morgan fingerprint density at radius 3 is 2.40 bits per heavy atom. The molecule has 0 bridgehead atoms. The molecule has 30 heavy (non-hydrogen) atoms. The summed E-state index contributed by atoms with van der Waals surface area (Å²) in [6, 6.07) is 8.32. The number of thiophene rings is 1. The van der Waals surface area contributed by atoms with E-state index in [1.54, 1.807) is 21.9 Å². The Balaban J connectivity index is 1.42. The van der Waals surface area contributed by atoms with Crippen LogP contribution in [-0.2, 0) is 14.8 Å². The fourth-order valence-corrected chi connectivity index (χ4v) is 6.13. The van der Waals surface area contributed by atoms with Crippen LogP contribution in [0.2, 0.25) is 0 Å². The molecular formula is C20H22FN3O4S2. The van der Waals surface area contributed by atoms with Gasteiger partial charge in [0.1, 0.15) is 16.8 Å². The van der Waals surface area contributed by atoms with Gasteiger partial charge in [-0.25, -0.2) is 12.8 Å². The SMILES string of the molecule is O=C([C@@H]1CCCN1C(=O)c1cccs1)N1CCN(S(=O)(=O)c2ccccc2F)CC1. The molecule has 160 valence electrons. The number of hydrogen-bond acceptors (Lipinski definition) is 5. The molecule has 1 atom stereocenters. The molecule has 0 saturated carbocycles. The second-order valence-corrected chi connectivity index (χ2v) is 10.1. The minimum absolute atomic E-state index is 0.0913. The summed E-state index contributed by atoms with van der Waals surface area (Å²) in [6.45, 7) is 1.14. The number of rotatable bonds is 4. The molecule has 1 aromatic heterocycles. The highest BCUT2D eigenvalue weighted by atomic mass is 32.2. The lowest BCUT2D eigenvalue weighted by molar-refractivity contribution is -0.136. The molecule has 4 rings (SSSR count). The summed E-state index contributed by atoms with van der Waals surface area (Å²) in [4.78, 5) is 29.3. The topological polar surface area (TPSA) is 78.0 Å². The Morgan fingerprint density at radius 1 is 1.00 bits per heavy atom. The van der Waals surface area contributed by atoms with Crippen LogP contribution < -0.4 is 0 Å². The van der Waals surface area contributed by atoms with Crippen LogP contribution in [0.3, 0.4) is 0 Å². The van der Waals surface area contributed by atoms with E-state index in [9.17, 15) is 22.4 Å². The average molecular weight is 452 g/mol. The first-order valence-electron chi connectivity index (χ1n) is 9.77. The third-order valence-corrected chi connectivity index (χ3v) is 8.33. The summed E-state index contributed by atoms with van der Waals surface area (Å²) < 4.78 is 40.7. The molecule has 2 fully saturated rings. The van der Waals surface area contributed by atoms with Crippen molar-refractivity contribution in [2.45, 2.75) is 23.8 Å². The molecule has 7 nitrogen and oxygen atoms in total. The molecule has 0 spiro atoms. The van der Waals surface area contributed by atoms with Crippen molar-refractivity contribution < 1.29 is 22.4 Å². The van der Waals surface area contributed by atoms with E-state index in [0.717, 1.165) is 12.5 Å². The molecule has 0 radical (unpaired) electrons. The predicted molar refractivity (Wildman–Crippen MR) is 110 cm³/mol. The van der Waals surface area contributed by atoms with Crippen molar-refractivity contribution in [1.82, 2.24) is 14.1 Å². The van der Waals surface area contributed by atoms with Gasteiger partial charge in [-0.15, -0.1) is 11.3 Å². The van der Waals surface area contributed by atoms with Crippen molar-refractivity contribution in [3.05, 3.63) is 52.5 Å². The highest BCUT2D eigenvalue weighted by molar-refractivity contribution is 7.89. The molecule has 2 saturated heterocycles. The summed E-state index contributed by atoms with van der Waals surface area (Å²) in [7, 11) is -3.96. The number of likely N-dealkylation sites (tertiary alicyclic amines) is 1. The number of benzene rings is 1. The third-order valence-electron chi connectivity index (χ3n) is 5.54. The van der Waals surface area contributed by atoms with Gasteiger partial charge in [0.15, 0.2) is 0 Å². The van der Waals surface area contributed by atoms with Crippen LogP contribution >= 0.6 is 11.3 Å². The number of amides is 2. The van der Waals surface area contributed by atoms with Gasteiger partial charge in [0, 0.05) is 32.7 Å². The second kappa shape index (κ2) is 8.44. The Hall–Kier alpha value is -2.30. The average Bonchev–Trinajstić information content (AvgIpc) is 3.45. The molecule has 1 aromatic carbocycles.